The van der Waals surface area contributed by atoms with Crippen molar-refractivity contribution >= 4 is 0 Å². The number of nitrogens with one attached hydrogen (secondary N) is 1. The van der Waals surface area contributed by atoms with Gasteiger partial charge in [0.2, 0.25) is 0 Å². The van der Waals surface area contributed by atoms with E-state index in [0.717, 1.165) is 26.2 Å². The van der Waals surface area contributed by atoms with Crippen LogP contribution in [0.2, 0.25) is 0 Å². The molecule has 84 valence electrons. The molecule has 0 aliphatic carbocycles. The van der Waals surface area contributed by atoms with Gasteiger partial charge in [-0.1, -0.05) is 13.8 Å². The molecule has 1 aliphatic heterocycles. The molecule has 1 aliphatic rings. The first-order valence-corrected chi connectivity index (χ1v) is 5.55. The van der Waals surface area contributed by atoms with Gasteiger partial charge in [0.25, 0.3) is 0 Å². The molecular weight excluding hydrogens is 178 g/mol. The fraction of sp³-hybridized carbons (Fsp3) is 1.00. The van der Waals surface area contributed by atoms with E-state index in [1.807, 2.05) is 6.92 Å². The highest BCUT2D eigenvalue weighted by atomic mass is 16.7. The van der Waals surface area contributed by atoms with Crippen LogP contribution in [0.4, 0.5) is 0 Å². The standard InChI is InChI=1S/C11H23NO2/c1-9(2)10(3)12-6-5-11(4)13-7-8-14-11/h9-10,12H,5-8H2,1-4H3. The van der Waals surface area contributed by atoms with Gasteiger partial charge in [0, 0.05) is 19.0 Å². The molecule has 0 bridgehead atoms. The van der Waals surface area contributed by atoms with E-state index in [4.69, 9.17) is 9.47 Å². The zero-order valence-corrected chi connectivity index (χ0v) is 9.80. The molecule has 0 aromatic rings. The Morgan fingerprint density at radius 2 is 1.79 bits per heavy atom. The van der Waals surface area contributed by atoms with Crippen molar-refractivity contribution in [1.82, 2.24) is 5.32 Å². The average Bonchev–Trinajstić information content (AvgIpc) is 2.52. The molecule has 1 saturated heterocycles. The van der Waals surface area contributed by atoms with Gasteiger partial charge < -0.3 is 14.8 Å². The second kappa shape index (κ2) is 5.10. The van der Waals surface area contributed by atoms with Crippen molar-refractivity contribution in [3.8, 4) is 0 Å². The molecule has 1 fully saturated rings. The second-order valence-corrected chi connectivity index (χ2v) is 4.57. The summed E-state index contributed by atoms with van der Waals surface area (Å²) in [6.07, 6.45) is 0.921. The maximum absolute atomic E-state index is 5.52. The van der Waals surface area contributed by atoms with Crippen molar-refractivity contribution in [3.05, 3.63) is 0 Å². The maximum atomic E-state index is 5.52. The second-order valence-electron chi connectivity index (χ2n) is 4.57. The first-order chi connectivity index (χ1) is 6.53. The number of hydrogen-bond donors (Lipinski definition) is 1. The van der Waals surface area contributed by atoms with Gasteiger partial charge in [0.1, 0.15) is 0 Å². The number of rotatable bonds is 5. The summed E-state index contributed by atoms with van der Waals surface area (Å²) in [7, 11) is 0. The van der Waals surface area contributed by atoms with Crippen LogP contribution < -0.4 is 5.32 Å². The third kappa shape index (κ3) is 3.56. The lowest BCUT2D eigenvalue weighted by Gasteiger charge is -2.24. The molecule has 0 radical (unpaired) electrons. The minimum absolute atomic E-state index is 0.344. The molecule has 1 unspecified atom stereocenters. The van der Waals surface area contributed by atoms with Crippen molar-refractivity contribution < 1.29 is 9.47 Å². The molecule has 1 heterocycles. The Morgan fingerprint density at radius 3 is 2.29 bits per heavy atom. The van der Waals surface area contributed by atoms with Crippen LogP contribution in [0.25, 0.3) is 0 Å². The summed E-state index contributed by atoms with van der Waals surface area (Å²) >= 11 is 0. The van der Waals surface area contributed by atoms with Gasteiger partial charge in [0.05, 0.1) is 13.2 Å². The van der Waals surface area contributed by atoms with Gasteiger partial charge >= 0.3 is 0 Å². The van der Waals surface area contributed by atoms with E-state index in [-0.39, 0.29) is 5.79 Å². The van der Waals surface area contributed by atoms with Gasteiger partial charge in [0.15, 0.2) is 5.79 Å². The van der Waals surface area contributed by atoms with Crippen LogP contribution in [0.5, 0.6) is 0 Å². The molecule has 0 aromatic heterocycles. The first kappa shape index (κ1) is 12.0. The molecule has 0 spiro atoms. The lowest BCUT2D eigenvalue weighted by atomic mass is 10.1. The summed E-state index contributed by atoms with van der Waals surface area (Å²) in [6.45, 7) is 11.1. The summed E-state index contributed by atoms with van der Waals surface area (Å²) in [5.74, 6) is 0.331. The summed E-state index contributed by atoms with van der Waals surface area (Å²) in [5.41, 5.74) is 0. The van der Waals surface area contributed by atoms with Crippen molar-refractivity contribution in [1.29, 1.82) is 0 Å². The van der Waals surface area contributed by atoms with Crippen LogP contribution in [-0.4, -0.2) is 31.6 Å². The van der Waals surface area contributed by atoms with Crippen LogP contribution in [0.1, 0.15) is 34.1 Å². The van der Waals surface area contributed by atoms with Crippen LogP contribution in [0.15, 0.2) is 0 Å². The topological polar surface area (TPSA) is 30.5 Å². The number of ether oxygens (including phenoxy) is 2. The molecule has 3 nitrogen and oxygen atoms in total. The minimum atomic E-state index is -0.344. The Kier molecular flexibility index (Phi) is 4.35. The zero-order chi connectivity index (χ0) is 10.6. The minimum Gasteiger partial charge on any atom is -0.348 e. The van der Waals surface area contributed by atoms with Crippen LogP contribution >= 0.6 is 0 Å². The predicted molar refractivity (Wildman–Crippen MR) is 57.2 cm³/mol. The van der Waals surface area contributed by atoms with E-state index in [2.05, 4.69) is 26.1 Å². The molecule has 0 amide bonds. The Morgan fingerprint density at radius 1 is 1.21 bits per heavy atom. The van der Waals surface area contributed by atoms with E-state index >= 15 is 0 Å². The summed E-state index contributed by atoms with van der Waals surface area (Å²) in [6, 6.07) is 0.556. The van der Waals surface area contributed by atoms with Gasteiger partial charge in [-0.05, 0) is 19.8 Å². The normalized spacial score (nSPS) is 22.9. The highest BCUT2D eigenvalue weighted by Crippen LogP contribution is 2.21. The zero-order valence-electron chi connectivity index (χ0n) is 9.80. The highest BCUT2D eigenvalue weighted by Gasteiger charge is 2.30. The lowest BCUT2D eigenvalue weighted by molar-refractivity contribution is -0.145. The van der Waals surface area contributed by atoms with Crippen molar-refractivity contribution in [2.75, 3.05) is 19.8 Å². The molecule has 3 heteroatoms. The Hall–Kier alpha value is -0.120. The Balaban J connectivity index is 2.14. The van der Waals surface area contributed by atoms with Gasteiger partial charge in [-0.15, -0.1) is 0 Å². The SMILES string of the molecule is CC(C)C(C)NCCC1(C)OCCO1. The quantitative estimate of drug-likeness (QED) is 0.735. The van der Waals surface area contributed by atoms with Crippen LogP contribution in [0, 0.1) is 5.92 Å². The van der Waals surface area contributed by atoms with Crippen molar-refractivity contribution in [3.63, 3.8) is 0 Å². The molecular formula is C11H23NO2. The fourth-order valence-electron chi connectivity index (χ4n) is 1.46. The Bertz CT molecular complexity index is 165. The third-order valence-corrected chi connectivity index (χ3v) is 2.94. The predicted octanol–water partition coefficient (Wildman–Crippen LogP) is 1.77. The average molecular weight is 201 g/mol. The van der Waals surface area contributed by atoms with Crippen molar-refractivity contribution in [2.24, 2.45) is 5.92 Å². The first-order valence-electron chi connectivity index (χ1n) is 5.55. The van der Waals surface area contributed by atoms with E-state index in [1.54, 1.807) is 0 Å². The summed E-state index contributed by atoms with van der Waals surface area (Å²) in [5, 5.41) is 3.47. The largest absolute Gasteiger partial charge is 0.348 e. The van der Waals surface area contributed by atoms with Gasteiger partial charge in [-0.25, -0.2) is 0 Å². The fourth-order valence-corrected chi connectivity index (χ4v) is 1.46. The smallest absolute Gasteiger partial charge is 0.166 e. The van der Waals surface area contributed by atoms with Gasteiger partial charge in [-0.2, -0.15) is 0 Å². The molecule has 14 heavy (non-hydrogen) atoms. The van der Waals surface area contributed by atoms with E-state index in [0.29, 0.717) is 12.0 Å². The van der Waals surface area contributed by atoms with Crippen LogP contribution in [-0.2, 0) is 9.47 Å². The summed E-state index contributed by atoms with van der Waals surface area (Å²) < 4.78 is 11.0. The van der Waals surface area contributed by atoms with E-state index < -0.39 is 0 Å². The summed E-state index contributed by atoms with van der Waals surface area (Å²) in [4.78, 5) is 0. The highest BCUT2D eigenvalue weighted by molar-refractivity contribution is 4.72. The van der Waals surface area contributed by atoms with Crippen molar-refractivity contribution in [2.45, 2.75) is 45.9 Å². The molecule has 1 atom stereocenters. The number of hydrogen-bond acceptors (Lipinski definition) is 3. The molecule has 0 aromatic carbocycles. The molecule has 1 N–H and O–H groups in total. The van der Waals surface area contributed by atoms with E-state index in [9.17, 15) is 0 Å². The third-order valence-electron chi connectivity index (χ3n) is 2.94. The van der Waals surface area contributed by atoms with Gasteiger partial charge in [-0.3, -0.25) is 0 Å². The molecule has 0 saturated carbocycles. The van der Waals surface area contributed by atoms with Crippen LogP contribution in [0.3, 0.4) is 0 Å². The monoisotopic (exact) mass is 201 g/mol. The maximum Gasteiger partial charge on any atom is 0.166 e. The lowest BCUT2D eigenvalue weighted by Crippen LogP contribution is -2.36. The Labute approximate surface area is 87.2 Å². The molecule has 1 rings (SSSR count). The van der Waals surface area contributed by atoms with E-state index in [1.165, 1.54) is 0 Å².